The molecule has 1 saturated heterocycles. The Morgan fingerprint density at radius 2 is 2.18 bits per heavy atom. The summed E-state index contributed by atoms with van der Waals surface area (Å²) in [6.45, 7) is 0.915. The number of aromatic nitrogens is 1. The maximum atomic E-state index is 12.8. The lowest BCUT2D eigenvalue weighted by molar-refractivity contribution is -0.261. The van der Waals surface area contributed by atoms with Gasteiger partial charge < -0.3 is 15.8 Å². The molecule has 9 heteroatoms. The van der Waals surface area contributed by atoms with E-state index in [1.807, 2.05) is 0 Å². The average Bonchev–Trinajstić information content (AvgIpc) is 2.83. The van der Waals surface area contributed by atoms with E-state index >= 15 is 0 Å². The molecule has 0 aliphatic carbocycles. The molecule has 0 aromatic carbocycles. The van der Waals surface area contributed by atoms with Gasteiger partial charge in [0, 0.05) is 11.9 Å². The van der Waals surface area contributed by atoms with E-state index < -0.39 is 29.7 Å². The lowest BCUT2D eigenvalue weighted by Crippen LogP contribution is -2.43. The van der Waals surface area contributed by atoms with Crippen LogP contribution in [0, 0.1) is 0 Å². The summed E-state index contributed by atoms with van der Waals surface area (Å²) in [5.41, 5.74) is 2.87. The van der Waals surface area contributed by atoms with Crippen molar-refractivity contribution in [2.24, 2.45) is 5.73 Å². The smallest absolute Gasteiger partial charge is 0.364 e. The number of primary amides is 1. The molecule has 120 valence electrons. The molecule has 0 saturated carbocycles. The van der Waals surface area contributed by atoms with Gasteiger partial charge in [0.2, 0.25) is 0 Å². The van der Waals surface area contributed by atoms with Gasteiger partial charge in [0.15, 0.2) is 5.60 Å². The van der Waals surface area contributed by atoms with Gasteiger partial charge in [-0.2, -0.15) is 13.2 Å². The number of amides is 2. The summed E-state index contributed by atoms with van der Waals surface area (Å²) in [5, 5.41) is 2.39. The van der Waals surface area contributed by atoms with E-state index in [1.54, 1.807) is 0 Å². The molecule has 2 amide bonds. The van der Waals surface area contributed by atoms with Crippen LogP contribution in [-0.2, 0) is 9.53 Å². The second-order valence-electron chi connectivity index (χ2n) is 5.16. The molecular weight excluding hydrogens is 303 g/mol. The van der Waals surface area contributed by atoms with Gasteiger partial charge in [-0.05, 0) is 31.9 Å². The zero-order valence-corrected chi connectivity index (χ0v) is 11.6. The van der Waals surface area contributed by atoms with E-state index in [9.17, 15) is 22.8 Å². The van der Waals surface area contributed by atoms with Crippen LogP contribution in [0.1, 0.15) is 30.3 Å². The predicted octanol–water partition coefficient (Wildman–Crippen LogP) is 1.62. The zero-order valence-electron chi connectivity index (χ0n) is 11.6. The maximum absolute atomic E-state index is 12.8. The van der Waals surface area contributed by atoms with E-state index in [0.717, 1.165) is 6.92 Å². The van der Waals surface area contributed by atoms with Crippen molar-refractivity contribution in [3.8, 4) is 0 Å². The maximum Gasteiger partial charge on any atom is 0.417 e. The quantitative estimate of drug-likeness (QED) is 0.885. The standard InChI is InChI=1S/C13H14F3N3O3/c1-12(13(14,15)16)4-2-9(22-12)11(21)19-7-3-5-18-8(6-7)10(17)20/h3,5-6,9H,2,4H2,1H3,(H2,17,20)(H,18,19,21)/t9?,12-/m1/s1. The molecular formula is C13H14F3N3O3. The normalized spacial score (nSPS) is 25.0. The first-order valence-corrected chi connectivity index (χ1v) is 6.44. The minimum absolute atomic E-state index is 0.0460. The zero-order chi connectivity index (χ0) is 16.5. The molecule has 2 heterocycles. The Labute approximate surface area is 123 Å². The number of nitrogens with two attached hydrogens (primary N) is 1. The lowest BCUT2D eigenvalue weighted by Gasteiger charge is -2.27. The molecule has 3 N–H and O–H groups in total. The van der Waals surface area contributed by atoms with Crippen molar-refractivity contribution in [1.82, 2.24) is 4.98 Å². The van der Waals surface area contributed by atoms with Crippen LogP contribution in [0.3, 0.4) is 0 Å². The van der Waals surface area contributed by atoms with Crippen LogP contribution in [0.15, 0.2) is 18.3 Å². The predicted molar refractivity (Wildman–Crippen MR) is 70.0 cm³/mol. The molecule has 22 heavy (non-hydrogen) atoms. The summed E-state index contributed by atoms with van der Waals surface area (Å²) in [6.07, 6.45) is -4.84. The monoisotopic (exact) mass is 317 g/mol. The van der Waals surface area contributed by atoms with Crippen molar-refractivity contribution in [1.29, 1.82) is 0 Å². The van der Waals surface area contributed by atoms with Gasteiger partial charge in [0.25, 0.3) is 11.8 Å². The second kappa shape index (κ2) is 5.56. The second-order valence-corrected chi connectivity index (χ2v) is 5.16. The van der Waals surface area contributed by atoms with Crippen LogP contribution >= 0.6 is 0 Å². The topological polar surface area (TPSA) is 94.3 Å². The third kappa shape index (κ3) is 3.19. The van der Waals surface area contributed by atoms with E-state index in [0.29, 0.717) is 0 Å². The van der Waals surface area contributed by atoms with E-state index in [1.165, 1.54) is 18.3 Å². The van der Waals surface area contributed by atoms with E-state index in [4.69, 9.17) is 10.5 Å². The van der Waals surface area contributed by atoms with Crippen molar-refractivity contribution >= 4 is 17.5 Å². The molecule has 1 aromatic heterocycles. The van der Waals surface area contributed by atoms with Gasteiger partial charge >= 0.3 is 6.18 Å². The van der Waals surface area contributed by atoms with Gasteiger partial charge in [0.05, 0.1) is 0 Å². The van der Waals surface area contributed by atoms with Crippen LogP contribution in [0.4, 0.5) is 18.9 Å². The summed E-state index contributed by atoms with van der Waals surface area (Å²) >= 11 is 0. The van der Waals surface area contributed by atoms with Crippen LogP contribution in [0.5, 0.6) is 0 Å². The highest BCUT2D eigenvalue weighted by atomic mass is 19.4. The molecule has 1 aromatic rings. The SMILES string of the molecule is C[C@]1(C(F)(F)F)CCC(C(=O)Nc2ccnc(C(N)=O)c2)O1. The molecule has 1 fully saturated rings. The summed E-state index contributed by atoms with van der Waals surface area (Å²) in [7, 11) is 0. The first-order chi connectivity index (χ1) is 10.1. The number of rotatable bonds is 3. The number of anilines is 1. The van der Waals surface area contributed by atoms with Crippen LogP contribution in [-0.4, -0.2) is 34.7 Å². The molecule has 1 aliphatic heterocycles. The van der Waals surface area contributed by atoms with Crippen LogP contribution < -0.4 is 11.1 Å². The average molecular weight is 317 g/mol. The fourth-order valence-electron chi connectivity index (χ4n) is 2.10. The number of nitrogens with one attached hydrogen (secondary N) is 1. The fraction of sp³-hybridized carbons (Fsp3) is 0.462. The molecule has 2 atom stereocenters. The van der Waals surface area contributed by atoms with Crippen molar-refractivity contribution in [3.63, 3.8) is 0 Å². The molecule has 0 radical (unpaired) electrons. The Balaban J connectivity index is 2.05. The number of pyridine rings is 1. The van der Waals surface area contributed by atoms with Gasteiger partial charge in [-0.15, -0.1) is 0 Å². The van der Waals surface area contributed by atoms with Crippen molar-refractivity contribution in [3.05, 3.63) is 24.0 Å². The number of ether oxygens (including phenoxy) is 1. The highest BCUT2D eigenvalue weighted by molar-refractivity contribution is 5.96. The molecule has 1 unspecified atom stereocenters. The molecule has 2 rings (SSSR count). The van der Waals surface area contributed by atoms with Crippen molar-refractivity contribution in [2.75, 3.05) is 5.32 Å². The first kappa shape index (κ1) is 16.2. The molecule has 0 spiro atoms. The third-order valence-electron chi connectivity index (χ3n) is 3.46. The fourth-order valence-corrected chi connectivity index (χ4v) is 2.10. The van der Waals surface area contributed by atoms with Gasteiger partial charge in [-0.1, -0.05) is 0 Å². The molecule has 0 bridgehead atoms. The molecule has 6 nitrogen and oxygen atoms in total. The van der Waals surface area contributed by atoms with E-state index in [-0.39, 0.29) is 24.2 Å². The lowest BCUT2D eigenvalue weighted by atomic mass is 10.0. The Kier molecular flexibility index (Phi) is 4.10. The minimum Gasteiger partial charge on any atom is -0.364 e. The molecule has 1 aliphatic rings. The van der Waals surface area contributed by atoms with Gasteiger partial charge in [0.1, 0.15) is 11.8 Å². The number of hydrogen-bond acceptors (Lipinski definition) is 4. The highest BCUT2D eigenvalue weighted by Gasteiger charge is 2.57. The number of alkyl halides is 3. The van der Waals surface area contributed by atoms with E-state index in [2.05, 4.69) is 10.3 Å². The first-order valence-electron chi connectivity index (χ1n) is 6.44. The Morgan fingerprint density at radius 1 is 1.50 bits per heavy atom. The number of hydrogen-bond donors (Lipinski definition) is 2. The summed E-state index contributed by atoms with van der Waals surface area (Å²) in [6, 6.07) is 2.63. The minimum atomic E-state index is -4.54. The number of carbonyl (C=O) groups is 2. The number of halogens is 3. The number of carbonyl (C=O) groups excluding carboxylic acids is 2. The Morgan fingerprint density at radius 3 is 2.73 bits per heavy atom. The summed E-state index contributed by atoms with van der Waals surface area (Å²) in [4.78, 5) is 26.7. The largest absolute Gasteiger partial charge is 0.417 e. The van der Waals surface area contributed by atoms with Crippen LogP contribution in [0.25, 0.3) is 0 Å². The summed E-state index contributed by atoms with van der Waals surface area (Å²) < 4.78 is 43.4. The highest BCUT2D eigenvalue weighted by Crippen LogP contribution is 2.43. The Bertz CT molecular complexity index is 606. The van der Waals surface area contributed by atoms with Crippen molar-refractivity contribution < 1.29 is 27.5 Å². The summed E-state index contributed by atoms with van der Waals surface area (Å²) in [5.74, 6) is -1.49. The van der Waals surface area contributed by atoms with Crippen molar-refractivity contribution in [2.45, 2.75) is 37.6 Å². The van der Waals surface area contributed by atoms with Gasteiger partial charge in [-0.3, -0.25) is 14.6 Å². The van der Waals surface area contributed by atoms with Crippen LogP contribution in [0.2, 0.25) is 0 Å². The Hall–Kier alpha value is -2.16. The third-order valence-corrected chi connectivity index (χ3v) is 3.46. The number of nitrogens with zero attached hydrogens (tertiary/aromatic N) is 1. The van der Waals surface area contributed by atoms with Gasteiger partial charge in [-0.25, -0.2) is 0 Å².